The van der Waals surface area contributed by atoms with Crippen molar-refractivity contribution in [2.45, 2.75) is 44.9 Å². The molecule has 2 N–H and O–H groups in total. The molecule has 5 nitrogen and oxygen atoms in total. The minimum absolute atomic E-state index is 0.0173. The molecule has 1 aliphatic rings. The SMILES string of the molecule is O=C(CC1(C(=O)O)CCCCCC1)Nc1cccc(Cl)n1. The molecule has 1 aliphatic carbocycles. The van der Waals surface area contributed by atoms with Gasteiger partial charge in [0.25, 0.3) is 0 Å². The van der Waals surface area contributed by atoms with E-state index in [1.165, 1.54) is 0 Å². The van der Waals surface area contributed by atoms with Gasteiger partial charge in [0, 0.05) is 6.42 Å². The van der Waals surface area contributed by atoms with Gasteiger partial charge in [-0.05, 0) is 25.0 Å². The molecule has 0 radical (unpaired) electrons. The predicted molar refractivity (Wildman–Crippen MR) is 80.3 cm³/mol. The summed E-state index contributed by atoms with van der Waals surface area (Å²) in [6, 6.07) is 4.93. The van der Waals surface area contributed by atoms with Crippen LogP contribution < -0.4 is 5.32 Å². The number of nitrogens with one attached hydrogen (secondary N) is 1. The Morgan fingerprint density at radius 2 is 1.90 bits per heavy atom. The number of nitrogens with zero attached hydrogens (tertiary/aromatic N) is 1. The van der Waals surface area contributed by atoms with E-state index in [-0.39, 0.29) is 17.5 Å². The maximum absolute atomic E-state index is 12.2. The lowest BCUT2D eigenvalue weighted by Gasteiger charge is -2.27. The number of carbonyl (C=O) groups excluding carboxylic acids is 1. The number of aromatic nitrogens is 1. The molecule has 0 spiro atoms. The fraction of sp³-hybridized carbons (Fsp3) is 0.533. The number of amides is 1. The Kier molecular flexibility index (Phi) is 5.17. The Labute approximate surface area is 128 Å². The molecule has 6 heteroatoms. The number of hydrogen-bond acceptors (Lipinski definition) is 3. The minimum Gasteiger partial charge on any atom is -0.481 e. The summed E-state index contributed by atoms with van der Waals surface area (Å²) in [7, 11) is 0. The molecule has 1 aromatic rings. The van der Waals surface area contributed by atoms with Gasteiger partial charge in [0.2, 0.25) is 5.91 Å². The maximum Gasteiger partial charge on any atom is 0.310 e. The van der Waals surface area contributed by atoms with E-state index in [0.717, 1.165) is 25.7 Å². The normalized spacial score (nSPS) is 17.8. The predicted octanol–water partition coefficient (Wildman–Crippen LogP) is 3.49. The smallest absolute Gasteiger partial charge is 0.310 e. The molecule has 0 aromatic carbocycles. The molecule has 21 heavy (non-hydrogen) atoms. The molecule has 0 aliphatic heterocycles. The lowest BCUT2D eigenvalue weighted by Crippen LogP contribution is -2.35. The topological polar surface area (TPSA) is 79.3 Å². The van der Waals surface area contributed by atoms with E-state index < -0.39 is 11.4 Å². The zero-order valence-electron chi connectivity index (χ0n) is 11.8. The van der Waals surface area contributed by atoms with Crippen LogP contribution >= 0.6 is 11.6 Å². The second-order valence-electron chi connectivity index (χ2n) is 5.57. The van der Waals surface area contributed by atoms with Gasteiger partial charge in [-0.2, -0.15) is 0 Å². The fourth-order valence-electron chi connectivity index (χ4n) is 2.84. The van der Waals surface area contributed by atoms with E-state index in [4.69, 9.17) is 11.6 Å². The van der Waals surface area contributed by atoms with Crippen LogP contribution in [0.2, 0.25) is 5.15 Å². The quantitative estimate of drug-likeness (QED) is 0.659. The van der Waals surface area contributed by atoms with Gasteiger partial charge >= 0.3 is 5.97 Å². The lowest BCUT2D eigenvalue weighted by atomic mass is 9.77. The molecule has 1 amide bonds. The second kappa shape index (κ2) is 6.89. The van der Waals surface area contributed by atoms with Crippen LogP contribution in [0.5, 0.6) is 0 Å². The van der Waals surface area contributed by atoms with Crippen LogP contribution in [0.3, 0.4) is 0 Å². The van der Waals surface area contributed by atoms with E-state index in [1.54, 1.807) is 18.2 Å². The van der Waals surface area contributed by atoms with E-state index in [9.17, 15) is 14.7 Å². The summed E-state index contributed by atoms with van der Waals surface area (Å²) in [6.07, 6.45) is 4.87. The molecule has 2 rings (SSSR count). The molecule has 0 unspecified atom stereocenters. The first kappa shape index (κ1) is 15.8. The standard InChI is InChI=1S/C15H19ClN2O3/c16-11-6-5-7-12(17-11)18-13(19)10-15(14(20)21)8-3-1-2-4-9-15/h5-7H,1-4,8-10H2,(H,20,21)(H,17,18,19). The van der Waals surface area contributed by atoms with Gasteiger partial charge in [0.15, 0.2) is 0 Å². The summed E-state index contributed by atoms with van der Waals surface area (Å²) in [5.41, 5.74) is -0.945. The highest BCUT2D eigenvalue weighted by Gasteiger charge is 2.40. The first-order valence-electron chi connectivity index (χ1n) is 7.18. The molecule has 114 valence electrons. The largest absolute Gasteiger partial charge is 0.481 e. The second-order valence-corrected chi connectivity index (χ2v) is 5.96. The van der Waals surface area contributed by atoms with Crippen LogP contribution in [0.15, 0.2) is 18.2 Å². The Hall–Kier alpha value is -1.62. The summed E-state index contributed by atoms with van der Waals surface area (Å²) in [6.45, 7) is 0. The Balaban J connectivity index is 2.06. The van der Waals surface area contributed by atoms with Gasteiger partial charge in [-0.3, -0.25) is 9.59 Å². The number of aliphatic carboxylic acids is 1. The van der Waals surface area contributed by atoms with E-state index in [1.807, 2.05) is 0 Å². The monoisotopic (exact) mass is 310 g/mol. The van der Waals surface area contributed by atoms with Crippen LogP contribution in [-0.4, -0.2) is 22.0 Å². The number of pyridine rings is 1. The number of anilines is 1. The number of carbonyl (C=O) groups is 2. The van der Waals surface area contributed by atoms with Gasteiger partial charge in [-0.15, -0.1) is 0 Å². The van der Waals surface area contributed by atoms with Crippen molar-refractivity contribution in [1.29, 1.82) is 0 Å². The third-order valence-electron chi connectivity index (χ3n) is 4.00. The highest BCUT2D eigenvalue weighted by atomic mass is 35.5. The summed E-state index contributed by atoms with van der Waals surface area (Å²) in [5.74, 6) is -0.852. The fourth-order valence-corrected chi connectivity index (χ4v) is 3.01. The molecule has 1 saturated carbocycles. The molecule has 0 atom stereocenters. The van der Waals surface area contributed by atoms with Gasteiger partial charge in [0.1, 0.15) is 11.0 Å². The van der Waals surface area contributed by atoms with Crippen molar-refractivity contribution in [3.63, 3.8) is 0 Å². The average molecular weight is 311 g/mol. The van der Waals surface area contributed by atoms with Crippen LogP contribution in [0, 0.1) is 5.41 Å². The van der Waals surface area contributed by atoms with E-state index in [0.29, 0.717) is 18.7 Å². The van der Waals surface area contributed by atoms with Crippen molar-refractivity contribution in [3.8, 4) is 0 Å². The Morgan fingerprint density at radius 1 is 1.24 bits per heavy atom. The van der Waals surface area contributed by atoms with Gasteiger partial charge in [-0.25, -0.2) is 4.98 Å². The molecular formula is C15H19ClN2O3. The number of halogens is 1. The van der Waals surface area contributed by atoms with Crippen LogP contribution in [0.4, 0.5) is 5.82 Å². The van der Waals surface area contributed by atoms with Crippen LogP contribution in [0.25, 0.3) is 0 Å². The first-order valence-corrected chi connectivity index (χ1v) is 7.55. The number of carboxylic acids is 1. The van der Waals surface area contributed by atoms with Gasteiger partial charge in [0.05, 0.1) is 5.41 Å². The summed E-state index contributed by atoms with van der Waals surface area (Å²) in [4.78, 5) is 27.8. The molecular weight excluding hydrogens is 292 g/mol. The van der Waals surface area contributed by atoms with E-state index >= 15 is 0 Å². The summed E-state index contributed by atoms with van der Waals surface area (Å²) in [5, 5.41) is 12.5. The lowest BCUT2D eigenvalue weighted by molar-refractivity contribution is -0.152. The Morgan fingerprint density at radius 3 is 2.48 bits per heavy atom. The molecule has 1 heterocycles. The number of carboxylic acid groups (broad SMARTS) is 1. The van der Waals surface area contributed by atoms with Crippen LogP contribution in [-0.2, 0) is 9.59 Å². The van der Waals surface area contributed by atoms with E-state index in [2.05, 4.69) is 10.3 Å². The molecule has 1 fully saturated rings. The number of rotatable bonds is 4. The van der Waals surface area contributed by atoms with Crippen molar-refractivity contribution in [1.82, 2.24) is 4.98 Å². The summed E-state index contributed by atoms with van der Waals surface area (Å²) >= 11 is 5.76. The highest BCUT2D eigenvalue weighted by molar-refractivity contribution is 6.29. The third kappa shape index (κ3) is 4.17. The van der Waals surface area contributed by atoms with Crippen LogP contribution in [0.1, 0.15) is 44.9 Å². The molecule has 0 bridgehead atoms. The molecule has 0 saturated heterocycles. The van der Waals surface area contributed by atoms with Gasteiger partial charge in [-0.1, -0.05) is 43.4 Å². The van der Waals surface area contributed by atoms with Crippen molar-refractivity contribution < 1.29 is 14.7 Å². The third-order valence-corrected chi connectivity index (χ3v) is 4.21. The zero-order valence-corrected chi connectivity index (χ0v) is 12.5. The first-order chi connectivity index (χ1) is 10.0. The number of hydrogen-bond donors (Lipinski definition) is 2. The zero-order chi connectivity index (χ0) is 15.3. The molecule has 1 aromatic heterocycles. The van der Waals surface area contributed by atoms with Crippen molar-refractivity contribution in [3.05, 3.63) is 23.4 Å². The van der Waals surface area contributed by atoms with Gasteiger partial charge < -0.3 is 10.4 Å². The van der Waals surface area contributed by atoms with Crippen molar-refractivity contribution in [2.75, 3.05) is 5.32 Å². The minimum atomic E-state index is -0.945. The highest BCUT2D eigenvalue weighted by Crippen LogP contribution is 2.38. The maximum atomic E-state index is 12.2. The Bertz CT molecular complexity index is 525. The van der Waals surface area contributed by atoms with Crippen molar-refractivity contribution >= 4 is 29.3 Å². The van der Waals surface area contributed by atoms with Crippen molar-refractivity contribution in [2.24, 2.45) is 5.41 Å². The summed E-state index contributed by atoms with van der Waals surface area (Å²) < 4.78 is 0. The average Bonchev–Trinajstić information content (AvgIpc) is 2.65.